The SMILES string of the molecule is O=S(=O)(c1ccc(-c2ccc3nnc(C4CNC4)n3c2)cc1)N1CCC(Nc2ccc(S(F)(F)(F)(F)F)cc2)CC1. The van der Waals surface area contributed by atoms with Crippen molar-refractivity contribution in [3.05, 3.63) is 72.7 Å². The molecule has 2 aliphatic rings. The number of nitrogens with one attached hydrogen (secondary N) is 2. The standard InChI is InChI=1S/C26H27F5N6O2S2/c27-41(28,29,30,31)24-8-4-21(5-9-24)33-22-11-13-36(14-12-22)40(38,39)23-6-1-18(2-7-23)19-3-10-25-34-35-26(37(25)17-19)20-15-32-16-20/h1-10,17,20,22,32-33H,11-16H2. The summed E-state index contributed by atoms with van der Waals surface area (Å²) in [4.78, 5) is -1.79. The highest BCUT2D eigenvalue weighted by atomic mass is 32.5. The van der Waals surface area contributed by atoms with E-state index < -0.39 is 25.1 Å². The number of aromatic nitrogens is 3. The van der Waals surface area contributed by atoms with E-state index in [2.05, 4.69) is 20.8 Å². The Kier molecular flexibility index (Phi) is 6.20. The number of anilines is 1. The summed E-state index contributed by atoms with van der Waals surface area (Å²) < 4.78 is 94.7. The lowest BCUT2D eigenvalue weighted by Gasteiger charge is -2.40. The Bertz CT molecular complexity index is 1700. The molecular weight excluding hydrogens is 587 g/mol. The molecule has 4 aromatic rings. The van der Waals surface area contributed by atoms with Crippen LogP contribution in [0.3, 0.4) is 0 Å². The summed E-state index contributed by atoms with van der Waals surface area (Å²) in [6, 6.07) is 12.9. The van der Waals surface area contributed by atoms with Crippen LogP contribution in [0.2, 0.25) is 0 Å². The second kappa shape index (κ2) is 9.11. The van der Waals surface area contributed by atoms with Gasteiger partial charge in [-0.3, -0.25) is 4.40 Å². The van der Waals surface area contributed by atoms with E-state index in [1.807, 2.05) is 22.7 Å². The van der Waals surface area contributed by atoms with Crippen LogP contribution in [0.1, 0.15) is 24.6 Å². The number of pyridine rings is 1. The van der Waals surface area contributed by atoms with Gasteiger partial charge in [0.1, 0.15) is 10.7 Å². The summed E-state index contributed by atoms with van der Waals surface area (Å²) >= 11 is 0. The zero-order valence-corrected chi connectivity index (χ0v) is 23.2. The first-order valence-corrected chi connectivity index (χ1v) is 16.3. The van der Waals surface area contributed by atoms with Gasteiger partial charge in [0.05, 0.1) is 4.90 Å². The van der Waals surface area contributed by atoms with Crippen LogP contribution >= 0.6 is 10.2 Å². The van der Waals surface area contributed by atoms with Crippen LogP contribution in [0.15, 0.2) is 76.7 Å². The molecule has 0 atom stereocenters. The van der Waals surface area contributed by atoms with Crippen LogP contribution in [0.5, 0.6) is 0 Å². The maximum absolute atomic E-state index is 13.3. The lowest BCUT2D eigenvalue weighted by molar-refractivity contribution is 0.330. The number of benzene rings is 2. The van der Waals surface area contributed by atoms with Gasteiger partial charge in [-0.15, -0.1) is 10.2 Å². The zero-order chi connectivity index (χ0) is 29.1. The molecule has 0 amide bonds. The fourth-order valence-corrected chi connectivity index (χ4v) is 7.20. The van der Waals surface area contributed by atoms with Crippen LogP contribution in [-0.2, 0) is 10.0 Å². The van der Waals surface area contributed by atoms with Crippen LogP contribution < -0.4 is 10.6 Å². The van der Waals surface area contributed by atoms with Crippen molar-refractivity contribution in [2.45, 2.75) is 34.6 Å². The zero-order valence-electron chi connectivity index (χ0n) is 21.6. The Morgan fingerprint density at radius 2 is 1.46 bits per heavy atom. The van der Waals surface area contributed by atoms with Crippen molar-refractivity contribution in [3.63, 3.8) is 0 Å². The van der Waals surface area contributed by atoms with E-state index in [4.69, 9.17) is 0 Å². The normalized spacial score (nSPS) is 19.4. The second-order valence-corrected chi connectivity index (χ2v) is 14.7. The average molecular weight is 615 g/mol. The quantitative estimate of drug-likeness (QED) is 0.248. The maximum Gasteiger partial charge on any atom is 0.310 e. The molecule has 2 aromatic heterocycles. The first-order valence-electron chi connectivity index (χ1n) is 12.9. The first kappa shape index (κ1) is 27.9. The molecule has 0 radical (unpaired) electrons. The molecule has 0 bridgehead atoms. The minimum Gasteiger partial charge on any atom is -0.382 e. The molecule has 0 spiro atoms. The summed E-state index contributed by atoms with van der Waals surface area (Å²) in [6.07, 6.45) is 2.75. The fraction of sp³-hybridized carbons (Fsp3) is 0.308. The Morgan fingerprint density at radius 3 is 2.05 bits per heavy atom. The van der Waals surface area contributed by atoms with Crippen molar-refractivity contribution < 1.29 is 27.8 Å². The molecule has 2 aliphatic heterocycles. The molecule has 2 aromatic carbocycles. The van der Waals surface area contributed by atoms with Crippen LogP contribution in [0.25, 0.3) is 16.8 Å². The number of nitrogens with zero attached hydrogens (tertiary/aromatic N) is 4. The topological polar surface area (TPSA) is 91.6 Å². The summed E-state index contributed by atoms with van der Waals surface area (Å²) in [5.74, 6) is 1.19. The van der Waals surface area contributed by atoms with Gasteiger partial charge in [-0.25, -0.2) is 8.42 Å². The van der Waals surface area contributed by atoms with E-state index in [-0.39, 0.29) is 29.7 Å². The third kappa shape index (κ3) is 5.63. The molecule has 4 heterocycles. The number of fused-ring (bicyclic) bond motifs is 1. The fourth-order valence-electron chi connectivity index (χ4n) is 5.08. The second-order valence-electron chi connectivity index (χ2n) is 10.4. The van der Waals surface area contributed by atoms with Gasteiger partial charge in [0.2, 0.25) is 10.0 Å². The summed E-state index contributed by atoms with van der Waals surface area (Å²) in [7, 11) is -13.5. The Hall–Kier alpha value is -3.27. The molecule has 0 saturated carbocycles. The van der Waals surface area contributed by atoms with E-state index in [9.17, 15) is 27.8 Å². The van der Waals surface area contributed by atoms with Gasteiger partial charge in [0.15, 0.2) is 5.65 Å². The molecule has 8 nitrogen and oxygen atoms in total. The lowest BCUT2D eigenvalue weighted by atomic mass is 10.0. The monoisotopic (exact) mass is 614 g/mol. The van der Waals surface area contributed by atoms with Crippen LogP contribution in [0, 0.1) is 0 Å². The van der Waals surface area contributed by atoms with Crippen molar-refractivity contribution in [1.82, 2.24) is 24.2 Å². The van der Waals surface area contributed by atoms with Gasteiger partial charge in [0, 0.05) is 50.0 Å². The highest BCUT2D eigenvalue weighted by Crippen LogP contribution is 3.02. The number of sulfonamides is 1. The van der Waals surface area contributed by atoms with Gasteiger partial charge < -0.3 is 10.6 Å². The molecule has 220 valence electrons. The molecule has 15 heteroatoms. The molecule has 2 fully saturated rings. The summed E-state index contributed by atoms with van der Waals surface area (Å²) in [6.45, 7) is 2.10. The number of rotatable bonds is 7. The van der Waals surface area contributed by atoms with Crippen molar-refractivity contribution in [2.24, 2.45) is 0 Å². The minimum atomic E-state index is -9.73. The van der Waals surface area contributed by atoms with Crippen LogP contribution in [0.4, 0.5) is 25.1 Å². The molecule has 6 rings (SSSR count). The molecule has 0 unspecified atom stereocenters. The largest absolute Gasteiger partial charge is 0.382 e. The average Bonchev–Trinajstić information content (AvgIpc) is 3.30. The lowest BCUT2D eigenvalue weighted by Crippen LogP contribution is -2.42. The molecule has 2 saturated heterocycles. The predicted molar refractivity (Wildman–Crippen MR) is 147 cm³/mol. The Balaban J connectivity index is 1.10. The third-order valence-corrected chi connectivity index (χ3v) is 10.6. The van der Waals surface area contributed by atoms with Gasteiger partial charge in [-0.1, -0.05) is 31.6 Å². The van der Waals surface area contributed by atoms with E-state index in [0.717, 1.165) is 47.8 Å². The van der Waals surface area contributed by atoms with E-state index in [0.29, 0.717) is 30.9 Å². The van der Waals surface area contributed by atoms with Crippen molar-refractivity contribution >= 4 is 31.6 Å². The predicted octanol–water partition coefficient (Wildman–Crippen LogP) is 6.01. The number of piperidine rings is 1. The van der Waals surface area contributed by atoms with Crippen molar-refractivity contribution in [3.8, 4) is 11.1 Å². The minimum absolute atomic E-state index is 0.158. The number of hydrogen-bond acceptors (Lipinski definition) is 6. The smallest absolute Gasteiger partial charge is 0.310 e. The highest BCUT2D eigenvalue weighted by molar-refractivity contribution is 8.45. The van der Waals surface area contributed by atoms with Gasteiger partial charge in [-0.2, -0.15) is 4.31 Å². The molecule has 2 N–H and O–H groups in total. The van der Waals surface area contributed by atoms with Crippen LogP contribution in [-0.4, -0.2) is 59.5 Å². The van der Waals surface area contributed by atoms with E-state index >= 15 is 0 Å². The first-order chi connectivity index (χ1) is 19.2. The van der Waals surface area contributed by atoms with E-state index in [1.54, 1.807) is 24.3 Å². The molecule has 41 heavy (non-hydrogen) atoms. The maximum atomic E-state index is 13.3. The van der Waals surface area contributed by atoms with E-state index in [1.165, 1.54) is 4.31 Å². The Labute approximate surface area is 233 Å². The Morgan fingerprint density at radius 1 is 0.829 bits per heavy atom. The van der Waals surface area contributed by atoms with Crippen molar-refractivity contribution in [2.75, 3.05) is 31.5 Å². The van der Waals surface area contributed by atoms with Gasteiger partial charge >= 0.3 is 10.2 Å². The van der Waals surface area contributed by atoms with Gasteiger partial charge in [0.25, 0.3) is 0 Å². The summed E-state index contributed by atoms with van der Waals surface area (Å²) in [5.41, 5.74) is 2.74. The number of halogens is 5. The highest BCUT2D eigenvalue weighted by Gasteiger charge is 2.65. The molecule has 0 aliphatic carbocycles. The summed E-state index contributed by atoms with van der Waals surface area (Å²) in [5, 5.41) is 14.8. The number of hydrogen-bond donors (Lipinski definition) is 2. The third-order valence-electron chi connectivity index (χ3n) is 7.53. The molecular formula is C26H27F5N6O2S2. The van der Waals surface area contributed by atoms with Gasteiger partial charge in [-0.05, 0) is 72.5 Å². The van der Waals surface area contributed by atoms with Crippen molar-refractivity contribution in [1.29, 1.82) is 0 Å².